The van der Waals surface area contributed by atoms with Crippen molar-refractivity contribution in [3.8, 4) is 0 Å². The third kappa shape index (κ3) is 3.51. The second-order valence-electron chi connectivity index (χ2n) is 5.84. The molecule has 1 N–H and O–H groups in total. The van der Waals surface area contributed by atoms with Gasteiger partial charge in [0.15, 0.2) is 0 Å². The van der Waals surface area contributed by atoms with Crippen LogP contribution >= 0.6 is 11.6 Å². The highest BCUT2D eigenvalue weighted by Crippen LogP contribution is 2.29. The van der Waals surface area contributed by atoms with Gasteiger partial charge in [-0.1, -0.05) is 44.7 Å². The molecule has 1 heterocycles. The van der Waals surface area contributed by atoms with Gasteiger partial charge < -0.3 is 5.32 Å². The SMILES string of the molecule is CCc1nn(C)c(CNCC2CCCCC2C)c1Cl. The summed E-state index contributed by atoms with van der Waals surface area (Å²) in [5, 5.41) is 8.87. The van der Waals surface area contributed by atoms with Crippen LogP contribution in [0.4, 0.5) is 0 Å². The summed E-state index contributed by atoms with van der Waals surface area (Å²) in [7, 11) is 1.98. The van der Waals surface area contributed by atoms with Gasteiger partial charge in [-0.25, -0.2) is 0 Å². The number of hydrogen-bond acceptors (Lipinski definition) is 2. The molecule has 4 heteroatoms. The van der Waals surface area contributed by atoms with E-state index in [1.54, 1.807) is 0 Å². The summed E-state index contributed by atoms with van der Waals surface area (Å²) in [4.78, 5) is 0. The fourth-order valence-corrected chi connectivity index (χ4v) is 3.44. The fourth-order valence-electron chi connectivity index (χ4n) is 3.08. The molecule has 0 aromatic carbocycles. The quantitative estimate of drug-likeness (QED) is 0.896. The fraction of sp³-hybridized carbons (Fsp3) is 0.800. The Kier molecular flexibility index (Phi) is 5.28. The van der Waals surface area contributed by atoms with Crippen molar-refractivity contribution in [2.24, 2.45) is 18.9 Å². The molecule has 3 nitrogen and oxygen atoms in total. The van der Waals surface area contributed by atoms with Crippen LogP contribution in [0.2, 0.25) is 5.02 Å². The second kappa shape index (κ2) is 6.76. The standard InChI is InChI=1S/C15H26ClN3/c1-4-13-15(16)14(19(3)18-13)10-17-9-12-8-6-5-7-11(12)2/h11-12,17H,4-10H2,1-3H3. The summed E-state index contributed by atoms with van der Waals surface area (Å²) in [6.45, 7) is 6.41. The number of nitrogens with zero attached hydrogens (tertiary/aromatic N) is 2. The first-order valence-electron chi connectivity index (χ1n) is 7.54. The van der Waals surface area contributed by atoms with E-state index >= 15 is 0 Å². The van der Waals surface area contributed by atoms with Crippen molar-refractivity contribution < 1.29 is 0 Å². The molecular weight excluding hydrogens is 258 g/mol. The monoisotopic (exact) mass is 283 g/mol. The topological polar surface area (TPSA) is 29.9 Å². The Morgan fingerprint density at radius 1 is 1.37 bits per heavy atom. The number of rotatable bonds is 5. The van der Waals surface area contributed by atoms with Crippen LogP contribution in [0, 0.1) is 11.8 Å². The highest BCUT2D eigenvalue weighted by atomic mass is 35.5. The van der Waals surface area contributed by atoms with Crippen LogP contribution in [0.1, 0.15) is 50.9 Å². The first-order valence-corrected chi connectivity index (χ1v) is 7.92. The molecule has 2 rings (SSSR count). The number of aromatic nitrogens is 2. The molecule has 0 spiro atoms. The largest absolute Gasteiger partial charge is 0.311 e. The summed E-state index contributed by atoms with van der Waals surface area (Å²) in [5.41, 5.74) is 2.12. The molecule has 0 saturated heterocycles. The Hall–Kier alpha value is -0.540. The van der Waals surface area contributed by atoms with Crippen LogP contribution < -0.4 is 5.32 Å². The zero-order valence-corrected chi connectivity index (χ0v) is 13.1. The summed E-state index contributed by atoms with van der Waals surface area (Å²) in [6.07, 6.45) is 6.45. The van der Waals surface area contributed by atoms with Gasteiger partial charge >= 0.3 is 0 Å². The Bertz CT molecular complexity index is 414. The van der Waals surface area contributed by atoms with Gasteiger partial charge in [0.25, 0.3) is 0 Å². The maximum atomic E-state index is 6.36. The van der Waals surface area contributed by atoms with Gasteiger partial charge in [-0.05, 0) is 31.2 Å². The lowest BCUT2D eigenvalue weighted by Gasteiger charge is -2.28. The minimum Gasteiger partial charge on any atom is -0.311 e. The zero-order valence-electron chi connectivity index (χ0n) is 12.4. The van der Waals surface area contributed by atoms with Crippen molar-refractivity contribution in [2.45, 2.75) is 52.5 Å². The van der Waals surface area contributed by atoms with Crippen molar-refractivity contribution in [2.75, 3.05) is 6.54 Å². The van der Waals surface area contributed by atoms with Gasteiger partial charge in [0.1, 0.15) is 0 Å². The van der Waals surface area contributed by atoms with Crippen molar-refractivity contribution in [1.82, 2.24) is 15.1 Å². The Labute approximate surface area is 121 Å². The predicted molar refractivity (Wildman–Crippen MR) is 80.4 cm³/mol. The highest BCUT2D eigenvalue weighted by molar-refractivity contribution is 6.31. The number of aryl methyl sites for hydroxylation is 2. The van der Waals surface area contributed by atoms with Crippen molar-refractivity contribution in [3.05, 3.63) is 16.4 Å². The number of halogens is 1. The molecule has 1 fully saturated rings. The van der Waals surface area contributed by atoms with E-state index in [2.05, 4.69) is 24.3 Å². The molecule has 2 unspecified atom stereocenters. The van der Waals surface area contributed by atoms with Crippen LogP contribution in [0.5, 0.6) is 0 Å². The van der Waals surface area contributed by atoms with E-state index < -0.39 is 0 Å². The van der Waals surface area contributed by atoms with E-state index in [9.17, 15) is 0 Å². The van der Waals surface area contributed by atoms with Crippen LogP contribution in [-0.4, -0.2) is 16.3 Å². The van der Waals surface area contributed by atoms with E-state index in [1.165, 1.54) is 25.7 Å². The van der Waals surface area contributed by atoms with Crippen LogP contribution in [0.3, 0.4) is 0 Å². The lowest BCUT2D eigenvalue weighted by Crippen LogP contribution is -2.29. The molecule has 1 aliphatic rings. The normalized spacial score (nSPS) is 23.8. The second-order valence-corrected chi connectivity index (χ2v) is 6.22. The van der Waals surface area contributed by atoms with Crippen LogP contribution in [-0.2, 0) is 20.0 Å². The summed E-state index contributed by atoms with van der Waals surface area (Å²) in [6, 6.07) is 0. The summed E-state index contributed by atoms with van der Waals surface area (Å²) < 4.78 is 1.92. The smallest absolute Gasteiger partial charge is 0.0863 e. The molecule has 1 saturated carbocycles. The molecule has 108 valence electrons. The van der Waals surface area contributed by atoms with Gasteiger partial charge in [0.2, 0.25) is 0 Å². The average Bonchev–Trinajstić information content (AvgIpc) is 2.68. The Morgan fingerprint density at radius 3 is 2.74 bits per heavy atom. The van der Waals surface area contributed by atoms with E-state index in [1.807, 2.05) is 11.7 Å². The van der Waals surface area contributed by atoms with E-state index in [0.29, 0.717) is 0 Å². The van der Waals surface area contributed by atoms with E-state index in [4.69, 9.17) is 11.6 Å². The molecule has 1 aromatic rings. The maximum absolute atomic E-state index is 6.36. The van der Waals surface area contributed by atoms with Gasteiger partial charge in [-0.15, -0.1) is 0 Å². The summed E-state index contributed by atoms with van der Waals surface area (Å²) in [5.74, 6) is 1.68. The molecule has 1 aromatic heterocycles. The predicted octanol–water partition coefficient (Wildman–Crippen LogP) is 3.55. The molecule has 0 bridgehead atoms. The van der Waals surface area contributed by atoms with Crippen LogP contribution in [0.15, 0.2) is 0 Å². The van der Waals surface area contributed by atoms with Crippen molar-refractivity contribution >= 4 is 11.6 Å². The van der Waals surface area contributed by atoms with Crippen molar-refractivity contribution in [3.63, 3.8) is 0 Å². The first kappa shape index (κ1) is 14.9. The first-order chi connectivity index (χ1) is 9.13. The lowest BCUT2D eigenvalue weighted by molar-refractivity contribution is 0.247. The molecular formula is C15H26ClN3. The maximum Gasteiger partial charge on any atom is 0.0863 e. The molecule has 0 amide bonds. The van der Waals surface area contributed by atoms with E-state index in [-0.39, 0.29) is 0 Å². The average molecular weight is 284 g/mol. The Morgan fingerprint density at radius 2 is 2.11 bits per heavy atom. The third-order valence-electron chi connectivity index (χ3n) is 4.49. The highest BCUT2D eigenvalue weighted by Gasteiger charge is 2.21. The van der Waals surface area contributed by atoms with Gasteiger partial charge in [0, 0.05) is 13.6 Å². The van der Waals surface area contributed by atoms with E-state index in [0.717, 1.165) is 47.8 Å². The lowest BCUT2D eigenvalue weighted by atomic mass is 9.80. The molecule has 1 aliphatic carbocycles. The number of hydrogen-bond donors (Lipinski definition) is 1. The summed E-state index contributed by atoms with van der Waals surface area (Å²) >= 11 is 6.36. The third-order valence-corrected chi connectivity index (χ3v) is 4.93. The van der Waals surface area contributed by atoms with Gasteiger partial charge in [-0.3, -0.25) is 4.68 Å². The zero-order chi connectivity index (χ0) is 13.8. The van der Waals surface area contributed by atoms with Gasteiger partial charge in [-0.2, -0.15) is 5.10 Å². The minimum absolute atomic E-state index is 0.825. The molecule has 19 heavy (non-hydrogen) atoms. The van der Waals surface area contributed by atoms with Crippen LogP contribution in [0.25, 0.3) is 0 Å². The molecule has 0 radical (unpaired) electrons. The molecule has 0 aliphatic heterocycles. The van der Waals surface area contributed by atoms with Gasteiger partial charge in [0.05, 0.1) is 16.4 Å². The Balaban J connectivity index is 1.87. The molecule has 2 atom stereocenters. The van der Waals surface area contributed by atoms with Crippen molar-refractivity contribution in [1.29, 1.82) is 0 Å². The number of nitrogens with one attached hydrogen (secondary N) is 1. The minimum atomic E-state index is 0.825.